The first-order valence-corrected chi connectivity index (χ1v) is 11.3. The summed E-state index contributed by atoms with van der Waals surface area (Å²) in [5, 5.41) is 0.735. The topological polar surface area (TPSA) is 54.9 Å². The average molecular weight is 426 g/mol. The molecule has 1 aliphatic heterocycles. The van der Waals surface area contributed by atoms with E-state index < -0.39 is 0 Å². The van der Waals surface area contributed by atoms with Crippen LogP contribution in [0.2, 0.25) is 0 Å². The lowest BCUT2D eigenvalue weighted by molar-refractivity contribution is -0.118. The smallest absolute Gasteiger partial charge is 0.231 e. The number of rotatable bonds is 9. The number of amides is 1. The van der Waals surface area contributed by atoms with Crippen molar-refractivity contribution in [2.45, 2.75) is 26.7 Å². The predicted octanol–water partition coefficient (Wildman–Crippen LogP) is 4.33. The van der Waals surface area contributed by atoms with Gasteiger partial charge in [0.15, 0.2) is 16.6 Å². The van der Waals surface area contributed by atoms with Crippen molar-refractivity contribution in [2.24, 2.45) is 0 Å². The largest absolute Gasteiger partial charge is 0.454 e. The number of aryl methyl sites for hydroxylation is 1. The number of aromatic nitrogens is 1. The van der Waals surface area contributed by atoms with Crippen LogP contribution in [0, 0.1) is 0 Å². The number of hydrogen-bond donors (Lipinski definition) is 0. The van der Waals surface area contributed by atoms with Crippen LogP contribution in [0.4, 0.5) is 5.13 Å². The van der Waals surface area contributed by atoms with Crippen LogP contribution in [-0.2, 0) is 11.2 Å². The third kappa shape index (κ3) is 4.57. The molecule has 0 bridgehead atoms. The van der Waals surface area contributed by atoms with Crippen molar-refractivity contribution < 1.29 is 14.3 Å². The van der Waals surface area contributed by atoms with Gasteiger partial charge in [0.1, 0.15) is 0 Å². The number of hydrogen-bond acceptors (Lipinski definition) is 6. The number of likely N-dealkylation sites (N-methyl/N-ethyl adjacent to an activating group) is 1. The second-order valence-corrected chi connectivity index (χ2v) is 8.24. The first kappa shape index (κ1) is 20.6. The summed E-state index contributed by atoms with van der Waals surface area (Å²) in [6, 6.07) is 14.0. The number of benzene rings is 2. The maximum atomic E-state index is 13.2. The highest BCUT2D eigenvalue weighted by atomic mass is 32.1. The molecule has 3 aromatic rings. The number of nitrogens with zero attached hydrogens (tertiary/aromatic N) is 3. The van der Waals surface area contributed by atoms with E-state index in [1.54, 1.807) is 0 Å². The number of anilines is 1. The van der Waals surface area contributed by atoms with Gasteiger partial charge in [-0.3, -0.25) is 9.69 Å². The van der Waals surface area contributed by atoms with Gasteiger partial charge in [-0.05, 0) is 25.1 Å². The summed E-state index contributed by atoms with van der Waals surface area (Å²) in [6.45, 7) is 7.90. The number of fused-ring (bicyclic) bond motifs is 2. The monoisotopic (exact) mass is 425 g/mol. The maximum Gasteiger partial charge on any atom is 0.231 e. The summed E-state index contributed by atoms with van der Waals surface area (Å²) >= 11 is 1.53. The Balaban J connectivity index is 1.56. The molecule has 4 rings (SSSR count). The molecule has 0 fully saturated rings. The van der Waals surface area contributed by atoms with Crippen molar-refractivity contribution in [1.29, 1.82) is 0 Å². The van der Waals surface area contributed by atoms with Crippen LogP contribution in [0.3, 0.4) is 0 Å². The molecule has 0 aliphatic carbocycles. The van der Waals surface area contributed by atoms with Crippen LogP contribution in [0.25, 0.3) is 10.2 Å². The summed E-state index contributed by atoms with van der Waals surface area (Å²) in [4.78, 5) is 22.1. The molecule has 0 saturated carbocycles. The zero-order valence-corrected chi connectivity index (χ0v) is 18.3. The fourth-order valence-electron chi connectivity index (χ4n) is 3.56. The second kappa shape index (κ2) is 9.45. The lowest BCUT2D eigenvalue weighted by Gasteiger charge is -2.24. The van der Waals surface area contributed by atoms with E-state index in [2.05, 4.69) is 30.9 Å². The number of thiazole rings is 1. The standard InChI is InChI=1S/C23H27N3O3S/c1-3-25(4-2)12-13-26(22(27)11-10-17-8-6-5-7-9-17)23-24-18-14-19-20(29-16-28-19)15-21(18)30-23/h5-9,14-15H,3-4,10-13,16H2,1-2H3. The molecule has 1 aromatic heterocycles. The zero-order chi connectivity index (χ0) is 20.9. The third-order valence-electron chi connectivity index (χ3n) is 5.41. The lowest BCUT2D eigenvalue weighted by atomic mass is 10.1. The lowest BCUT2D eigenvalue weighted by Crippen LogP contribution is -2.39. The maximum absolute atomic E-state index is 13.2. The van der Waals surface area contributed by atoms with E-state index in [9.17, 15) is 4.79 Å². The van der Waals surface area contributed by atoms with Gasteiger partial charge < -0.3 is 14.4 Å². The van der Waals surface area contributed by atoms with Crippen LogP contribution in [-0.4, -0.2) is 48.8 Å². The van der Waals surface area contributed by atoms with Gasteiger partial charge in [-0.15, -0.1) is 0 Å². The van der Waals surface area contributed by atoms with Gasteiger partial charge >= 0.3 is 0 Å². The SMILES string of the molecule is CCN(CC)CCN(C(=O)CCc1ccccc1)c1nc2cc3c(cc2s1)OCO3. The Morgan fingerprint density at radius 3 is 2.53 bits per heavy atom. The fraction of sp³-hybridized carbons (Fsp3) is 0.391. The summed E-state index contributed by atoms with van der Waals surface area (Å²) in [5.74, 6) is 1.55. The van der Waals surface area contributed by atoms with Gasteiger partial charge in [-0.1, -0.05) is 55.5 Å². The van der Waals surface area contributed by atoms with Gasteiger partial charge in [-0.2, -0.15) is 0 Å². The van der Waals surface area contributed by atoms with Crippen molar-refractivity contribution in [1.82, 2.24) is 9.88 Å². The minimum Gasteiger partial charge on any atom is -0.454 e. The van der Waals surface area contributed by atoms with Crippen LogP contribution in [0.15, 0.2) is 42.5 Å². The van der Waals surface area contributed by atoms with Crippen molar-refractivity contribution in [3.63, 3.8) is 0 Å². The predicted molar refractivity (Wildman–Crippen MR) is 121 cm³/mol. The van der Waals surface area contributed by atoms with Gasteiger partial charge in [0.05, 0.1) is 10.2 Å². The van der Waals surface area contributed by atoms with E-state index in [0.29, 0.717) is 18.7 Å². The van der Waals surface area contributed by atoms with Crippen molar-refractivity contribution in [2.75, 3.05) is 37.9 Å². The molecule has 1 aliphatic rings. The van der Waals surface area contributed by atoms with Crippen LogP contribution < -0.4 is 14.4 Å². The quantitative estimate of drug-likeness (QED) is 0.511. The Kier molecular flexibility index (Phi) is 6.50. The molecule has 0 radical (unpaired) electrons. The summed E-state index contributed by atoms with van der Waals surface area (Å²) < 4.78 is 12.0. The Morgan fingerprint density at radius 2 is 1.80 bits per heavy atom. The number of carbonyl (C=O) groups excluding carboxylic acids is 1. The van der Waals surface area contributed by atoms with E-state index in [4.69, 9.17) is 14.5 Å². The summed E-state index contributed by atoms with van der Waals surface area (Å²) in [7, 11) is 0. The van der Waals surface area contributed by atoms with Crippen LogP contribution in [0.1, 0.15) is 25.8 Å². The normalized spacial score (nSPS) is 12.6. The molecular formula is C23H27N3O3S. The van der Waals surface area contributed by atoms with Gasteiger partial charge in [-0.25, -0.2) is 4.98 Å². The molecule has 30 heavy (non-hydrogen) atoms. The fourth-order valence-corrected chi connectivity index (χ4v) is 4.58. The molecular weight excluding hydrogens is 398 g/mol. The van der Waals surface area contributed by atoms with Gasteiger partial charge in [0.25, 0.3) is 0 Å². The zero-order valence-electron chi connectivity index (χ0n) is 17.5. The van der Waals surface area contributed by atoms with Crippen molar-refractivity contribution in [3.05, 3.63) is 48.0 Å². The Hall–Kier alpha value is -2.64. The highest BCUT2D eigenvalue weighted by molar-refractivity contribution is 7.22. The molecule has 0 spiro atoms. The Morgan fingerprint density at radius 1 is 1.07 bits per heavy atom. The van der Waals surface area contributed by atoms with Gasteiger partial charge in [0, 0.05) is 31.6 Å². The average Bonchev–Trinajstić information content (AvgIpc) is 3.40. The molecule has 2 aromatic carbocycles. The van der Waals surface area contributed by atoms with Crippen molar-refractivity contribution in [3.8, 4) is 11.5 Å². The molecule has 0 unspecified atom stereocenters. The third-order valence-corrected chi connectivity index (χ3v) is 6.45. The molecule has 7 heteroatoms. The summed E-state index contributed by atoms with van der Waals surface area (Å²) in [5.41, 5.74) is 2.01. The Bertz CT molecular complexity index is 961. The molecule has 158 valence electrons. The highest BCUT2D eigenvalue weighted by Crippen LogP contribution is 2.39. The van der Waals surface area contributed by atoms with Crippen LogP contribution >= 0.6 is 11.3 Å². The van der Waals surface area contributed by atoms with E-state index in [-0.39, 0.29) is 12.7 Å². The molecule has 2 heterocycles. The van der Waals surface area contributed by atoms with E-state index in [0.717, 1.165) is 47.2 Å². The molecule has 0 saturated heterocycles. The molecule has 1 amide bonds. The first-order chi connectivity index (χ1) is 14.7. The highest BCUT2D eigenvalue weighted by Gasteiger charge is 2.22. The molecule has 6 nitrogen and oxygen atoms in total. The number of carbonyl (C=O) groups is 1. The van der Waals surface area contributed by atoms with E-state index in [1.807, 2.05) is 35.2 Å². The van der Waals surface area contributed by atoms with E-state index in [1.165, 1.54) is 16.9 Å². The summed E-state index contributed by atoms with van der Waals surface area (Å²) in [6.07, 6.45) is 1.18. The van der Waals surface area contributed by atoms with Crippen LogP contribution in [0.5, 0.6) is 11.5 Å². The second-order valence-electron chi connectivity index (χ2n) is 7.23. The minimum atomic E-state index is 0.102. The van der Waals surface area contributed by atoms with Crippen molar-refractivity contribution >= 4 is 32.6 Å². The first-order valence-electron chi connectivity index (χ1n) is 10.4. The Labute approximate surface area is 181 Å². The molecule has 0 N–H and O–H groups in total. The molecule has 0 atom stereocenters. The van der Waals surface area contributed by atoms with Gasteiger partial charge in [0.2, 0.25) is 12.7 Å². The minimum absolute atomic E-state index is 0.102. The number of ether oxygens (including phenoxy) is 2. The van der Waals surface area contributed by atoms with E-state index >= 15 is 0 Å².